The van der Waals surface area contributed by atoms with Crippen LogP contribution in [0.4, 0.5) is 4.79 Å². The van der Waals surface area contributed by atoms with E-state index in [2.05, 4.69) is 36.5 Å². The van der Waals surface area contributed by atoms with E-state index in [0.29, 0.717) is 44.4 Å². The summed E-state index contributed by atoms with van der Waals surface area (Å²) in [7, 11) is 0. The Labute approximate surface area is 158 Å². The van der Waals surface area contributed by atoms with Gasteiger partial charge in [0.25, 0.3) is 0 Å². The number of thioether (sulfide) groups is 1. The van der Waals surface area contributed by atoms with Crippen LogP contribution in [0, 0.1) is 6.92 Å². The molecular formula is C19H26N2O4S. The average Bonchev–Trinajstić information content (AvgIpc) is 2.63. The molecule has 2 saturated heterocycles. The monoisotopic (exact) mass is 378 g/mol. The third kappa shape index (κ3) is 4.51. The number of hydrogen-bond acceptors (Lipinski definition) is 4. The molecule has 0 aromatic heterocycles. The Bertz CT molecular complexity index is 653. The van der Waals surface area contributed by atoms with Gasteiger partial charge in [-0.3, -0.25) is 0 Å². The van der Waals surface area contributed by atoms with Crippen LogP contribution in [-0.4, -0.2) is 59.1 Å². The molecule has 26 heavy (non-hydrogen) atoms. The number of carboxylic acid groups (broad SMARTS) is 1. The molecule has 0 radical (unpaired) electrons. The minimum absolute atomic E-state index is 0.270. The number of aliphatic carboxylic acids is 1. The number of ether oxygens (including phenoxy) is 1. The summed E-state index contributed by atoms with van der Waals surface area (Å²) in [5.74, 6) is -0.973. The zero-order valence-corrected chi connectivity index (χ0v) is 15.9. The van der Waals surface area contributed by atoms with Crippen LogP contribution in [0.3, 0.4) is 0 Å². The highest BCUT2D eigenvalue weighted by Gasteiger charge is 2.42. The Balaban J connectivity index is 1.52. The number of benzene rings is 1. The van der Waals surface area contributed by atoms with Gasteiger partial charge in [0.1, 0.15) is 5.54 Å². The smallest absolute Gasteiger partial charge is 0.329 e. The zero-order chi connectivity index (χ0) is 18.6. The molecule has 0 unspecified atom stereocenters. The van der Waals surface area contributed by atoms with Crippen LogP contribution in [-0.2, 0) is 9.53 Å². The number of carboxylic acids is 1. The van der Waals surface area contributed by atoms with Crippen molar-refractivity contribution in [2.45, 2.75) is 48.3 Å². The van der Waals surface area contributed by atoms with Crippen molar-refractivity contribution in [2.75, 3.05) is 26.3 Å². The molecule has 0 bridgehead atoms. The van der Waals surface area contributed by atoms with Gasteiger partial charge in [0.05, 0.1) is 0 Å². The number of carbonyl (C=O) groups is 2. The number of aryl methyl sites for hydroxylation is 1. The number of nitrogens with zero attached hydrogens (tertiary/aromatic N) is 1. The molecule has 7 heteroatoms. The van der Waals surface area contributed by atoms with Crippen molar-refractivity contribution < 1.29 is 19.4 Å². The number of urea groups is 1. The van der Waals surface area contributed by atoms with Crippen molar-refractivity contribution in [3.8, 4) is 0 Å². The van der Waals surface area contributed by atoms with E-state index < -0.39 is 11.5 Å². The fourth-order valence-corrected chi connectivity index (χ4v) is 4.70. The Morgan fingerprint density at radius 2 is 1.96 bits per heavy atom. The molecule has 0 aliphatic carbocycles. The minimum atomic E-state index is -1.19. The maximum absolute atomic E-state index is 12.6. The Morgan fingerprint density at radius 1 is 1.27 bits per heavy atom. The van der Waals surface area contributed by atoms with E-state index in [4.69, 9.17) is 4.74 Å². The molecule has 1 aromatic rings. The summed E-state index contributed by atoms with van der Waals surface area (Å²) in [5.41, 5.74) is 0.0601. The summed E-state index contributed by atoms with van der Waals surface area (Å²) in [5, 5.41) is 12.8. The first-order chi connectivity index (χ1) is 12.5. The van der Waals surface area contributed by atoms with Crippen LogP contribution < -0.4 is 5.32 Å². The van der Waals surface area contributed by atoms with E-state index in [9.17, 15) is 14.7 Å². The van der Waals surface area contributed by atoms with Crippen LogP contribution in [0.5, 0.6) is 0 Å². The lowest BCUT2D eigenvalue weighted by atomic mass is 9.90. The lowest BCUT2D eigenvalue weighted by Crippen LogP contribution is -2.61. The maximum atomic E-state index is 12.6. The van der Waals surface area contributed by atoms with Crippen molar-refractivity contribution in [1.82, 2.24) is 10.2 Å². The third-order valence-electron chi connectivity index (χ3n) is 5.12. The molecule has 1 aromatic carbocycles. The molecule has 2 N–H and O–H groups in total. The molecule has 142 valence electrons. The fraction of sp³-hybridized carbons (Fsp3) is 0.579. The van der Waals surface area contributed by atoms with Gasteiger partial charge < -0.3 is 20.1 Å². The number of piperidine rings is 1. The predicted molar refractivity (Wildman–Crippen MR) is 101 cm³/mol. The molecule has 6 nitrogen and oxygen atoms in total. The molecule has 0 spiro atoms. The Kier molecular flexibility index (Phi) is 6.09. The normalized spacial score (nSPS) is 20.6. The SMILES string of the molecule is Cc1cccc(SC2CCN(C(=O)NC3(C(=O)O)CCOCC3)CC2)c1. The van der Waals surface area contributed by atoms with Gasteiger partial charge in [-0.15, -0.1) is 11.8 Å². The second kappa shape index (κ2) is 8.31. The van der Waals surface area contributed by atoms with Gasteiger partial charge in [0.15, 0.2) is 0 Å². The highest BCUT2D eigenvalue weighted by atomic mass is 32.2. The fourth-order valence-electron chi connectivity index (χ4n) is 3.45. The number of hydrogen-bond donors (Lipinski definition) is 2. The third-order valence-corrected chi connectivity index (χ3v) is 6.45. The molecule has 2 fully saturated rings. The van der Waals surface area contributed by atoms with Crippen molar-refractivity contribution in [1.29, 1.82) is 0 Å². The second-order valence-corrected chi connectivity index (χ2v) is 8.42. The van der Waals surface area contributed by atoms with Gasteiger partial charge in [-0.1, -0.05) is 17.7 Å². The first-order valence-corrected chi connectivity index (χ1v) is 9.98. The first-order valence-electron chi connectivity index (χ1n) is 9.10. The van der Waals surface area contributed by atoms with Gasteiger partial charge >= 0.3 is 12.0 Å². The van der Waals surface area contributed by atoms with Crippen LogP contribution in [0.1, 0.15) is 31.2 Å². The number of rotatable bonds is 4. The molecule has 3 rings (SSSR count). The Morgan fingerprint density at radius 3 is 2.58 bits per heavy atom. The summed E-state index contributed by atoms with van der Waals surface area (Å²) < 4.78 is 5.25. The van der Waals surface area contributed by atoms with E-state index >= 15 is 0 Å². The standard InChI is InChI=1S/C19H26N2O4S/c1-14-3-2-4-16(13-14)26-15-5-9-21(10-6-15)18(24)20-19(17(22)23)7-11-25-12-8-19/h2-4,13,15H,5-12H2,1H3,(H,20,24)(H,22,23). The van der Waals surface area contributed by atoms with Gasteiger partial charge in [-0.25, -0.2) is 9.59 Å². The van der Waals surface area contributed by atoms with E-state index in [1.807, 2.05) is 11.8 Å². The minimum Gasteiger partial charge on any atom is -0.480 e. The highest BCUT2D eigenvalue weighted by Crippen LogP contribution is 2.31. The zero-order valence-electron chi connectivity index (χ0n) is 15.1. The van der Waals surface area contributed by atoms with Crippen molar-refractivity contribution in [3.63, 3.8) is 0 Å². The first kappa shape index (κ1) is 19.0. The molecule has 0 saturated carbocycles. The quantitative estimate of drug-likeness (QED) is 0.842. The lowest BCUT2D eigenvalue weighted by molar-refractivity contribution is -0.148. The maximum Gasteiger partial charge on any atom is 0.329 e. The summed E-state index contributed by atoms with van der Waals surface area (Å²) in [6, 6.07) is 8.20. The van der Waals surface area contributed by atoms with Crippen molar-refractivity contribution in [3.05, 3.63) is 29.8 Å². The van der Waals surface area contributed by atoms with E-state index in [0.717, 1.165) is 12.8 Å². The van der Waals surface area contributed by atoms with Gasteiger partial charge in [-0.05, 0) is 31.9 Å². The van der Waals surface area contributed by atoms with Crippen molar-refractivity contribution in [2.24, 2.45) is 0 Å². The molecule has 2 aliphatic heterocycles. The number of carbonyl (C=O) groups excluding carboxylic acids is 1. The van der Waals surface area contributed by atoms with Gasteiger partial charge in [0.2, 0.25) is 0 Å². The molecule has 2 heterocycles. The number of nitrogens with one attached hydrogen (secondary N) is 1. The molecular weight excluding hydrogens is 352 g/mol. The summed E-state index contributed by atoms with van der Waals surface area (Å²) in [6.07, 6.45) is 2.45. The lowest BCUT2D eigenvalue weighted by Gasteiger charge is -2.38. The molecule has 2 aliphatic rings. The van der Waals surface area contributed by atoms with E-state index in [-0.39, 0.29) is 6.03 Å². The summed E-state index contributed by atoms with van der Waals surface area (Å²) in [4.78, 5) is 27.3. The van der Waals surface area contributed by atoms with Gasteiger partial charge in [0, 0.05) is 49.3 Å². The van der Waals surface area contributed by atoms with E-state index in [1.54, 1.807) is 4.90 Å². The van der Waals surface area contributed by atoms with Crippen LogP contribution in [0.25, 0.3) is 0 Å². The molecule has 0 atom stereocenters. The molecule has 2 amide bonds. The number of likely N-dealkylation sites (tertiary alicyclic amines) is 1. The topological polar surface area (TPSA) is 78.9 Å². The summed E-state index contributed by atoms with van der Waals surface area (Å²) in [6.45, 7) is 4.12. The van der Waals surface area contributed by atoms with Crippen LogP contribution >= 0.6 is 11.8 Å². The van der Waals surface area contributed by atoms with Crippen LogP contribution in [0.15, 0.2) is 29.2 Å². The largest absolute Gasteiger partial charge is 0.480 e. The summed E-state index contributed by atoms with van der Waals surface area (Å²) >= 11 is 1.86. The van der Waals surface area contributed by atoms with E-state index in [1.165, 1.54) is 10.5 Å². The van der Waals surface area contributed by atoms with Gasteiger partial charge in [-0.2, -0.15) is 0 Å². The second-order valence-electron chi connectivity index (χ2n) is 7.05. The average molecular weight is 378 g/mol. The number of amides is 2. The van der Waals surface area contributed by atoms with Crippen LogP contribution in [0.2, 0.25) is 0 Å². The Hall–Kier alpha value is -1.73. The van der Waals surface area contributed by atoms with Crippen molar-refractivity contribution >= 4 is 23.8 Å². The highest BCUT2D eigenvalue weighted by molar-refractivity contribution is 8.00. The predicted octanol–water partition coefficient (Wildman–Crippen LogP) is 2.89.